The third-order valence-electron chi connectivity index (χ3n) is 3.62. The lowest BCUT2D eigenvalue weighted by Crippen LogP contribution is -2.43. The standard InChI is InChI=1S/C16H24N2O2S/c1-3-17-16(21)18(12-14-8-6-10-20-14)11-13-7-4-5-9-15(13)19-2/h4-5,7,9,14H,3,6,8,10-12H2,1-2H3,(H,17,21)/t14-/m0/s1. The van der Waals surface area contributed by atoms with E-state index in [1.165, 1.54) is 0 Å². The van der Waals surface area contributed by atoms with E-state index >= 15 is 0 Å². The summed E-state index contributed by atoms with van der Waals surface area (Å²) in [6.45, 7) is 5.30. The molecule has 1 atom stereocenters. The molecule has 0 bridgehead atoms. The zero-order chi connectivity index (χ0) is 15.1. The highest BCUT2D eigenvalue weighted by atomic mass is 32.1. The molecule has 0 unspecified atom stereocenters. The molecular formula is C16H24N2O2S. The van der Waals surface area contributed by atoms with Gasteiger partial charge in [-0.05, 0) is 38.0 Å². The molecule has 5 heteroatoms. The Morgan fingerprint density at radius 2 is 2.29 bits per heavy atom. The molecule has 1 fully saturated rings. The van der Waals surface area contributed by atoms with E-state index in [1.807, 2.05) is 18.2 Å². The second-order valence-corrected chi connectivity index (χ2v) is 5.55. The minimum absolute atomic E-state index is 0.274. The average Bonchev–Trinajstić information content (AvgIpc) is 3.00. The van der Waals surface area contributed by atoms with Crippen molar-refractivity contribution < 1.29 is 9.47 Å². The van der Waals surface area contributed by atoms with Crippen LogP contribution in [-0.4, -0.2) is 42.9 Å². The zero-order valence-corrected chi connectivity index (χ0v) is 13.6. The Morgan fingerprint density at radius 1 is 1.48 bits per heavy atom. The first-order chi connectivity index (χ1) is 10.2. The number of hydrogen-bond acceptors (Lipinski definition) is 3. The SMILES string of the molecule is CCNC(=S)N(Cc1ccccc1OC)C[C@@H]1CCCO1. The zero-order valence-electron chi connectivity index (χ0n) is 12.8. The summed E-state index contributed by atoms with van der Waals surface area (Å²) >= 11 is 5.51. The molecule has 21 heavy (non-hydrogen) atoms. The summed E-state index contributed by atoms with van der Waals surface area (Å²) < 4.78 is 11.2. The van der Waals surface area contributed by atoms with E-state index in [9.17, 15) is 0 Å². The lowest BCUT2D eigenvalue weighted by Gasteiger charge is -2.28. The molecule has 1 aliphatic heterocycles. The van der Waals surface area contributed by atoms with Crippen LogP contribution < -0.4 is 10.1 Å². The van der Waals surface area contributed by atoms with Crippen molar-refractivity contribution in [1.82, 2.24) is 10.2 Å². The predicted molar refractivity (Wildman–Crippen MR) is 88.7 cm³/mol. The number of thiocarbonyl (C=S) groups is 1. The summed E-state index contributed by atoms with van der Waals surface area (Å²) in [6, 6.07) is 8.07. The Balaban J connectivity index is 2.08. The molecule has 1 aliphatic rings. The minimum Gasteiger partial charge on any atom is -0.496 e. The number of hydrogen-bond donors (Lipinski definition) is 1. The monoisotopic (exact) mass is 308 g/mol. The maximum Gasteiger partial charge on any atom is 0.169 e. The van der Waals surface area contributed by atoms with Crippen LogP contribution in [0.2, 0.25) is 0 Å². The second-order valence-electron chi connectivity index (χ2n) is 5.16. The molecule has 2 rings (SSSR count). The summed E-state index contributed by atoms with van der Waals surface area (Å²) in [6.07, 6.45) is 2.52. The first-order valence-electron chi connectivity index (χ1n) is 7.50. The van der Waals surface area contributed by atoms with Crippen LogP contribution in [0, 0.1) is 0 Å². The van der Waals surface area contributed by atoms with Gasteiger partial charge in [0.2, 0.25) is 0 Å². The normalized spacial score (nSPS) is 17.5. The molecule has 0 aliphatic carbocycles. The first-order valence-corrected chi connectivity index (χ1v) is 7.91. The van der Waals surface area contributed by atoms with Crippen LogP contribution in [0.15, 0.2) is 24.3 Å². The van der Waals surface area contributed by atoms with E-state index < -0.39 is 0 Å². The van der Waals surface area contributed by atoms with E-state index in [0.29, 0.717) is 0 Å². The van der Waals surface area contributed by atoms with Crippen LogP contribution in [0.5, 0.6) is 5.75 Å². The fourth-order valence-electron chi connectivity index (χ4n) is 2.56. The van der Waals surface area contributed by atoms with Gasteiger partial charge in [-0.2, -0.15) is 0 Å². The predicted octanol–water partition coefficient (Wildman–Crippen LogP) is 2.57. The quantitative estimate of drug-likeness (QED) is 0.817. The lowest BCUT2D eigenvalue weighted by atomic mass is 10.1. The van der Waals surface area contributed by atoms with Crippen molar-refractivity contribution >= 4 is 17.3 Å². The maximum atomic E-state index is 5.75. The van der Waals surface area contributed by atoms with Gasteiger partial charge in [-0.3, -0.25) is 0 Å². The van der Waals surface area contributed by atoms with E-state index in [-0.39, 0.29) is 6.10 Å². The molecule has 1 N–H and O–H groups in total. The largest absolute Gasteiger partial charge is 0.496 e. The highest BCUT2D eigenvalue weighted by molar-refractivity contribution is 7.80. The van der Waals surface area contributed by atoms with Crippen LogP contribution in [-0.2, 0) is 11.3 Å². The van der Waals surface area contributed by atoms with Gasteiger partial charge in [-0.15, -0.1) is 0 Å². The Morgan fingerprint density at radius 3 is 2.95 bits per heavy atom. The molecule has 1 aromatic rings. The van der Waals surface area contributed by atoms with Gasteiger partial charge in [-0.1, -0.05) is 18.2 Å². The molecule has 116 valence electrons. The van der Waals surface area contributed by atoms with Crippen LogP contribution in [0.1, 0.15) is 25.3 Å². The third kappa shape index (κ3) is 4.58. The Labute approximate surface area is 132 Å². The van der Waals surface area contributed by atoms with Gasteiger partial charge in [0.1, 0.15) is 5.75 Å². The van der Waals surface area contributed by atoms with Crippen LogP contribution in [0.4, 0.5) is 0 Å². The topological polar surface area (TPSA) is 33.7 Å². The number of para-hydroxylation sites is 1. The Hall–Kier alpha value is -1.33. The van der Waals surface area contributed by atoms with E-state index in [2.05, 4.69) is 23.2 Å². The van der Waals surface area contributed by atoms with Crippen LogP contribution in [0.25, 0.3) is 0 Å². The second kappa shape index (κ2) is 8.20. The first kappa shape index (κ1) is 16.0. The van der Waals surface area contributed by atoms with Crippen molar-refractivity contribution in [2.24, 2.45) is 0 Å². The van der Waals surface area contributed by atoms with Crippen molar-refractivity contribution in [2.75, 3.05) is 26.8 Å². The molecule has 0 radical (unpaired) electrons. The van der Waals surface area contributed by atoms with Crippen LogP contribution in [0.3, 0.4) is 0 Å². The fraction of sp³-hybridized carbons (Fsp3) is 0.562. The van der Waals surface area contributed by atoms with Crippen molar-refractivity contribution in [1.29, 1.82) is 0 Å². The summed E-state index contributed by atoms with van der Waals surface area (Å²) in [4.78, 5) is 2.17. The Bertz CT molecular complexity index is 461. The molecule has 0 aromatic heterocycles. The van der Waals surface area contributed by atoms with E-state index in [0.717, 1.165) is 55.5 Å². The van der Waals surface area contributed by atoms with Crippen molar-refractivity contribution in [3.63, 3.8) is 0 Å². The maximum absolute atomic E-state index is 5.75. The van der Waals surface area contributed by atoms with Gasteiger partial charge in [0.05, 0.1) is 13.2 Å². The van der Waals surface area contributed by atoms with Crippen molar-refractivity contribution in [2.45, 2.75) is 32.4 Å². The number of nitrogens with zero attached hydrogens (tertiary/aromatic N) is 1. The minimum atomic E-state index is 0.274. The molecule has 0 saturated carbocycles. The molecule has 0 spiro atoms. The third-order valence-corrected chi connectivity index (χ3v) is 4.02. The molecule has 4 nitrogen and oxygen atoms in total. The molecule has 1 aromatic carbocycles. The Kier molecular flexibility index (Phi) is 6.26. The summed E-state index contributed by atoms with van der Waals surface area (Å²) in [7, 11) is 1.70. The molecule has 1 saturated heterocycles. The van der Waals surface area contributed by atoms with Gasteiger partial charge in [0.25, 0.3) is 0 Å². The molecular weight excluding hydrogens is 284 g/mol. The highest BCUT2D eigenvalue weighted by Crippen LogP contribution is 2.21. The molecule has 0 amide bonds. The number of methoxy groups -OCH3 is 1. The van der Waals surface area contributed by atoms with Crippen molar-refractivity contribution in [3.8, 4) is 5.75 Å². The fourth-order valence-corrected chi connectivity index (χ4v) is 2.84. The van der Waals surface area contributed by atoms with E-state index in [1.54, 1.807) is 7.11 Å². The average molecular weight is 308 g/mol. The summed E-state index contributed by atoms with van der Waals surface area (Å²) in [5.41, 5.74) is 1.14. The van der Waals surface area contributed by atoms with Gasteiger partial charge >= 0.3 is 0 Å². The van der Waals surface area contributed by atoms with Crippen molar-refractivity contribution in [3.05, 3.63) is 29.8 Å². The highest BCUT2D eigenvalue weighted by Gasteiger charge is 2.21. The number of nitrogens with one attached hydrogen (secondary N) is 1. The lowest BCUT2D eigenvalue weighted by molar-refractivity contribution is 0.0896. The van der Waals surface area contributed by atoms with Crippen LogP contribution >= 0.6 is 12.2 Å². The van der Waals surface area contributed by atoms with Gasteiger partial charge in [0.15, 0.2) is 5.11 Å². The van der Waals surface area contributed by atoms with Gasteiger partial charge in [-0.25, -0.2) is 0 Å². The summed E-state index contributed by atoms with van der Waals surface area (Å²) in [5, 5.41) is 4.02. The summed E-state index contributed by atoms with van der Waals surface area (Å²) in [5.74, 6) is 0.897. The number of ether oxygens (including phenoxy) is 2. The van der Waals surface area contributed by atoms with Gasteiger partial charge in [0, 0.05) is 31.8 Å². The van der Waals surface area contributed by atoms with E-state index in [4.69, 9.17) is 21.7 Å². The van der Waals surface area contributed by atoms with Gasteiger partial charge < -0.3 is 19.7 Å². The number of benzene rings is 1. The smallest absolute Gasteiger partial charge is 0.169 e. The number of rotatable bonds is 6. The molecule has 1 heterocycles.